The van der Waals surface area contributed by atoms with Gasteiger partial charge in [0.2, 0.25) is 0 Å². The third kappa shape index (κ3) is 2.96. The molecule has 5 heteroatoms. The van der Waals surface area contributed by atoms with Crippen molar-refractivity contribution in [1.29, 1.82) is 0 Å². The first-order valence-corrected chi connectivity index (χ1v) is 8.96. The maximum absolute atomic E-state index is 12.8. The third-order valence-corrected chi connectivity index (χ3v) is 4.88. The van der Waals surface area contributed by atoms with Crippen molar-refractivity contribution in [1.82, 2.24) is 9.78 Å². The molecule has 0 unspecified atom stereocenters. The Morgan fingerprint density at radius 1 is 1.19 bits per heavy atom. The highest BCUT2D eigenvalue weighted by Gasteiger charge is 2.19. The Hall–Kier alpha value is -3.08. The van der Waals surface area contributed by atoms with Gasteiger partial charge in [0.25, 0.3) is 5.91 Å². The number of hydrogen-bond donors (Lipinski definition) is 1. The summed E-state index contributed by atoms with van der Waals surface area (Å²) in [6, 6.07) is 16.0. The first kappa shape index (κ1) is 16.4. The van der Waals surface area contributed by atoms with E-state index in [4.69, 9.17) is 0 Å². The van der Waals surface area contributed by atoms with Crippen LogP contribution in [-0.4, -0.2) is 28.8 Å². The number of aromatic nitrogens is 2. The first-order chi connectivity index (χ1) is 12.7. The topological polar surface area (TPSA) is 50.2 Å². The van der Waals surface area contributed by atoms with Crippen LogP contribution >= 0.6 is 0 Å². The second-order valence-corrected chi connectivity index (χ2v) is 6.54. The van der Waals surface area contributed by atoms with Crippen molar-refractivity contribution in [2.24, 2.45) is 0 Å². The van der Waals surface area contributed by atoms with E-state index >= 15 is 0 Å². The number of para-hydroxylation sites is 1. The number of aryl methyl sites for hydroxylation is 1. The molecule has 5 nitrogen and oxygen atoms in total. The maximum atomic E-state index is 12.8. The van der Waals surface area contributed by atoms with Gasteiger partial charge < -0.3 is 10.2 Å². The zero-order chi connectivity index (χ0) is 18.1. The molecule has 1 amide bonds. The molecule has 2 heterocycles. The molecule has 1 N–H and O–H groups in total. The molecule has 0 aliphatic carbocycles. The quantitative estimate of drug-likeness (QED) is 0.781. The van der Waals surface area contributed by atoms with Gasteiger partial charge in [0.1, 0.15) is 0 Å². The number of nitrogens with one attached hydrogen (secondary N) is 1. The van der Waals surface area contributed by atoms with Gasteiger partial charge in [-0.05, 0) is 50.1 Å². The molecule has 1 aromatic heterocycles. The minimum absolute atomic E-state index is 0.134. The van der Waals surface area contributed by atoms with E-state index in [1.54, 1.807) is 10.9 Å². The number of anilines is 2. The van der Waals surface area contributed by atoms with Gasteiger partial charge >= 0.3 is 0 Å². The van der Waals surface area contributed by atoms with Gasteiger partial charge in [-0.15, -0.1) is 0 Å². The van der Waals surface area contributed by atoms with Gasteiger partial charge in [0.15, 0.2) is 0 Å². The molecular weight excluding hydrogens is 324 g/mol. The summed E-state index contributed by atoms with van der Waals surface area (Å²) in [5, 5.41) is 7.49. The number of nitrogens with zero attached hydrogens (tertiary/aromatic N) is 3. The van der Waals surface area contributed by atoms with Crippen LogP contribution in [0.5, 0.6) is 0 Å². The normalized spacial score (nSPS) is 12.9. The van der Waals surface area contributed by atoms with E-state index in [2.05, 4.69) is 34.4 Å². The van der Waals surface area contributed by atoms with Gasteiger partial charge in [-0.1, -0.05) is 24.3 Å². The Balaban J connectivity index is 1.57. The molecule has 0 radical (unpaired) electrons. The average molecular weight is 346 g/mol. The Morgan fingerprint density at radius 3 is 2.77 bits per heavy atom. The first-order valence-electron chi connectivity index (χ1n) is 8.96. The molecule has 132 valence electrons. The lowest BCUT2D eigenvalue weighted by molar-refractivity contribution is 0.102. The Labute approximate surface area is 153 Å². The number of benzene rings is 2. The number of hydrogen-bond acceptors (Lipinski definition) is 3. The highest BCUT2D eigenvalue weighted by molar-refractivity contribution is 6.05. The SMILES string of the molecule is CCN1CCc2ccc(NC(=O)c3cn(-c4ccccc4)nc3C)cc21. The van der Waals surface area contributed by atoms with Gasteiger partial charge in [-0.2, -0.15) is 5.10 Å². The molecule has 0 spiro atoms. The molecule has 0 saturated heterocycles. The van der Waals surface area contributed by atoms with Crippen LogP contribution < -0.4 is 10.2 Å². The Morgan fingerprint density at radius 2 is 2.00 bits per heavy atom. The Bertz CT molecular complexity index is 946. The van der Waals surface area contributed by atoms with Crippen LogP contribution in [0.2, 0.25) is 0 Å². The summed E-state index contributed by atoms with van der Waals surface area (Å²) < 4.78 is 1.74. The third-order valence-electron chi connectivity index (χ3n) is 4.88. The summed E-state index contributed by atoms with van der Waals surface area (Å²) in [6.07, 6.45) is 2.85. The molecule has 0 saturated carbocycles. The minimum atomic E-state index is -0.134. The van der Waals surface area contributed by atoms with Crippen molar-refractivity contribution in [3.63, 3.8) is 0 Å². The van der Waals surface area contributed by atoms with Crippen LogP contribution in [0, 0.1) is 6.92 Å². The highest BCUT2D eigenvalue weighted by Crippen LogP contribution is 2.30. The molecule has 26 heavy (non-hydrogen) atoms. The van der Waals surface area contributed by atoms with Crippen molar-refractivity contribution in [2.45, 2.75) is 20.3 Å². The second-order valence-electron chi connectivity index (χ2n) is 6.54. The number of carbonyl (C=O) groups is 1. The van der Waals surface area contributed by atoms with Crippen molar-refractivity contribution in [2.75, 3.05) is 23.3 Å². The highest BCUT2D eigenvalue weighted by atomic mass is 16.1. The minimum Gasteiger partial charge on any atom is -0.371 e. The van der Waals surface area contributed by atoms with Crippen LogP contribution in [0.4, 0.5) is 11.4 Å². The summed E-state index contributed by atoms with van der Waals surface area (Å²) in [5.74, 6) is -0.134. The lowest BCUT2D eigenvalue weighted by Crippen LogP contribution is -2.19. The Kier molecular flexibility index (Phi) is 4.21. The van der Waals surface area contributed by atoms with Crippen LogP contribution in [0.25, 0.3) is 5.69 Å². The number of amides is 1. The largest absolute Gasteiger partial charge is 0.371 e. The fourth-order valence-corrected chi connectivity index (χ4v) is 3.45. The second kappa shape index (κ2) is 6.67. The number of carbonyl (C=O) groups excluding carboxylic acids is 1. The van der Waals surface area contributed by atoms with Crippen molar-refractivity contribution >= 4 is 17.3 Å². The number of rotatable bonds is 4. The smallest absolute Gasteiger partial charge is 0.259 e. The van der Waals surface area contributed by atoms with E-state index in [0.717, 1.165) is 30.9 Å². The predicted octanol–water partition coefficient (Wildman–Crippen LogP) is 3.82. The fraction of sp³-hybridized carbons (Fsp3) is 0.238. The fourth-order valence-electron chi connectivity index (χ4n) is 3.45. The molecule has 0 bridgehead atoms. The molecular formula is C21H22N4O. The lowest BCUT2D eigenvalue weighted by atomic mass is 10.1. The van der Waals surface area contributed by atoms with Crippen LogP contribution in [0.15, 0.2) is 54.7 Å². The molecule has 0 atom stereocenters. The van der Waals surface area contributed by atoms with Crippen LogP contribution in [0.3, 0.4) is 0 Å². The van der Waals surface area contributed by atoms with Gasteiger partial charge in [0.05, 0.1) is 16.9 Å². The monoisotopic (exact) mass is 346 g/mol. The summed E-state index contributed by atoms with van der Waals surface area (Å²) in [5.41, 5.74) is 5.62. The summed E-state index contributed by atoms with van der Waals surface area (Å²) in [4.78, 5) is 15.1. The zero-order valence-electron chi connectivity index (χ0n) is 15.1. The van der Waals surface area contributed by atoms with E-state index < -0.39 is 0 Å². The van der Waals surface area contributed by atoms with E-state index in [-0.39, 0.29) is 5.91 Å². The van der Waals surface area contributed by atoms with Crippen molar-refractivity contribution in [3.05, 3.63) is 71.5 Å². The zero-order valence-corrected chi connectivity index (χ0v) is 15.1. The molecule has 1 aliphatic heterocycles. The molecule has 1 aliphatic rings. The van der Waals surface area contributed by atoms with Crippen molar-refractivity contribution < 1.29 is 4.79 Å². The molecule has 4 rings (SSSR count). The standard InChI is InChI=1S/C21H22N4O/c1-3-24-12-11-16-9-10-17(13-20(16)24)22-21(26)19-14-25(23-15(19)2)18-7-5-4-6-8-18/h4-10,13-14H,3,11-12H2,1-2H3,(H,22,26). The molecule has 0 fully saturated rings. The van der Waals surface area contributed by atoms with Crippen LogP contribution in [-0.2, 0) is 6.42 Å². The van der Waals surface area contributed by atoms with E-state index in [1.165, 1.54) is 11.3 Å². The van der Waals surface area contributed by atoms with Crippen LogP contribution in [0.1, 0.15) is 28.5 Å². The predicted molar refractivity (Wildman–Crippen MR) is 104 cm³/mol. The van der Waals surface area contributed by atoms with E-state index in [0.29, 0.717) is 11.3 Å². The maximum Gasteiger partial charge on any atom is 0.259 e. The summed E-state index contributed by atoms with van der Waals surface area (Å²) >= 11 is 0. The summed E-state index contributed by atoms with van der Waals surface area (Å²) in [7, 11) is 0. The number of fused-ring (bicyclic) bond motifs is 1. The van der Waals surface area contributed by atoms with Gasteiger partial charge in [-0.25, -0.2) is 4.68 Å². The molecule has 3 aromatic rings. The lowest BCUT2D eigenvalue weighted by Gasteiger charge is -2.17. The van der Waals surface area contributed by atoms with E-state index in [9.17, 15) is 4.79 Å². The summed E-state index contributed by atoms with van der Waals surface area (Å²) in [6.45, 7) is 6.04. The van der Waals surface area contributed by atoms with Gasteiger partial charge in [0, 0.05) is 30.7 Å². The van der Waals surface area contributed by atoms with Crippen molar-refractivity contribution in [3.8, 4) is 5.69 Å². The van der Waals surface area contributed by atoms with E-state index in [1.807, 2.05) is 43.3 Å². The van der Waals surface area contributed by atoms with Gasteiger partial charge in [-0.3, -0.25) is 4.79 Å². The molecule has 2 aromatic carbocycles. The average Bonchev–Trinajstić information content (AvgIpc) is 3.25. The number of likely N-dealkylation sites (N-methyl/N-ethyl adjacent to an activating group) is 1.